The molecule has 0 spiro atoms. The minimum atomic E-state index is -4.36. The summed E-state index contributed by atoms with van der Waals surface area (Å²) in [6.45, 7) is 1.99. The first kappa shape index (κ1) is 14.5. The highest BCUT2D eigenvalue weighted by Crippen LogP contribution is 2.34. The molecule has 1 aliphatic carbocycles. The average Bonchev–Trinajstić information content (AvgIpc) is 2.21. The Bertz CT molecular complexity index is 441. The molecule has 1 aromatic carbocycles. The summed E-state index contributed by atoms with van der Waals surface area (Å²) in [7, 11) is 0. The molecule has 1 nitrogen and oxygen atoms in total. The molecule has 106 valence electrons. The highest BCUT2D eigenvalue weighted by atomic mass is 35.5. The summed E-state index contributed by atoms with van der Waals surface area (Å²) in [6, 6.07) is 3.76. The van der Waals surface area contributed by atoms with Crippen molar-refractivity contribution in [3.63, 3.8) is 0 Å². The molecule has 5 heteroatoms. The lowest BCUT2D eigenvalue weighted by Crippen LogP contribution is -2.23. The van der Waals surface area contributed by atoms with Crippen molar-refractivity contribution in [1.29, 1.82) is 0 Å². The zero-order valence-corrected chi connectivity index (χ0v) is 11.5. The van der Waals surface area contributed by atoms with Crippen LogP contribution in [0.25, 0.3) is 0 Å². The zero-order chi connectivity index (χ0) is 14.0. The Kier molecular flexibility index (Phi) is 4.29. The van der Waals surface area contributed by atoms with Gasteiger partial charge in [-0.25, -0.2) is 0 Å². The fraction of sp³-hybridized carbons (Fsp3) is 0.571. The Morgan fingerprint density at radius 1 is 1.32 bits per heavy atom. The van der Waals surface area contributed by atoms with Gasteiger partial charge >= 0.3 is 6.18 Å². The van der Waals surface area contributed by atoms with Crippen LogP contribution in [0.15, 0.2) is 18.2 Å². The third-order valence-corrected chi connectivity index (χ3v) is 3.77. The summed E-state index contributed by atoms with van der Waals surface area (Å²) in [6.07, 6.45) is 0.365. The molecule has 1 unspecified atom stereocenters. The van der Waals surface area contributed by atoms with Crippen LogP contribution in [0.1, 0.15) is 38.2 Å². The Morgan fingerprint density at radius 2 is 2.00 bits per heavy atom. The lowest BCUT2D eigenvalue weighted by atomic mass is 9.81. The van der Waals surface area contributed by atoms with Gasteiger partial charge in [0.1, 0.15) is 0 Å². The molecule has 2 rings (SSSR count). The Balaban J connectivity index is 2.04. The maximum atomic E-state index is 12.7. The van der Waals surface area contributed by atoms with Crippen LogP contribution in [0.4, 0.5) is 18.9 Å². The van der Waals surface area contributed by atoms with Crippen LogP contribution < -0.4 is 5.32 Å². The van der Waals surface area contributed by atoms with Crippen molar-refractivity contribution in [3.05, 3.63) is 28.8 Å². The number of benzene rings is 1. The normalized spacial score (nSPS) is 17.9. The van der Waals surface area contributed by atoms with Crippen molar-refractivity contribution in [1.82, 2.24) is 0 Å². The molecule has 0 saturated heterocycles. The SMILES string of the molecule is CC(CC1CCC1)Nc1cc(Cl)cc(C(F)(F)F)c1. The van der Waals surface area contributed by atoms with Crippen LogP contribution in [0.3, 0.4) is 0 Å². The number of anilines is 1. The van der Waals surface area contributed by atoms with Gasteiger partial charge in [-0.3, -0.25) is 0 Å². The molecule has 0 amide bonds. The number of hydrogen-bond donors (Lipinski definition) is 1. The first-order chi connectivity index (χ1) is 8.84. The average molecular weight is 292 g/mol. The maximum Gasteiger partial charge on any atom is 0.416 e. The molecule has 0 aromatic heterocycles. The molecular formula is C14H17ClF3N. The van der Waals surface area contributed by atoms with Gasteiger partial charge in [0.05, 0.1) is 5.56 Å². The first-order valence-electron chi connectivity index (χ1n) is 6.49. The van der Waals surface area contributed by atoms with E-state index in [-0.39, 0.29) is 11.1 Å². The van der Waals surface area contributed by atoms with E-state index < -0.39 is 11.7 Å². The van der Waals surface area contributed by atoms with Crippen LogP contribution in [0, 0.1) is 5.92 Å². The highest BCUT2D eigenvalue weighted by Gasteiger charge is 2.31. The largest absolute Gasteiger partial charge is 0.416 e. The molecule has 1 aromatic rings. The minimum absolute atomic E-state index is 0.105. The van der Waals surface area contributed by atoms with Crippen LogP contribution in [-0.2, 0) is 6.18 Å². The van der Waals surface area contributed by atoms with Crippen LogP contribution >= 0.6 is 11.6 Å². The van der Waals surface area contributed by atoms with E-state index in [9.17, 15) is 13.2 Å². The molecule has 0 aliphatic heterocycles. The van der Waals surface area contributed by atoms with E-state index in [0.717, 1.165) is 18.6 Å². The maximum absolute atomic E-state index is 12.7. The quantitative estimate of drug-likeness (QED) is 0.788. The molecule has 1 fully saturated rings. The van der Waals surface area contributed by atoms with E-state index in [1.807, 2.05) is 6.92 Å². The second-order valence-electron chi connectivity index (χ2n) is 5.30. The molecule has 1 N–H and O–H groups in total. The molecule has 1 atom stereocenters. The van der Waals surface area contributed by atoms with Gasteiger partial charge in [-0.1, -0.05) is 30.9 Å². The molecule has 0 radical (unpaired) electrons. The molecule has 0 bridgehead atoms. The zero-order valence-electron chi connectivity index (χ0n) is 10.7. The van der Waals surface area contributed by atoms with Gasteiger partial charge < -0.3 is 5.32 Å². The predicted octanol–water partition coefficient (Wildman–Crippen LogP) is 5.35. The molecule has 19 heavy (non-hydrogen) atoms. The molecule has 1 saturated carbocycles. The summed E-state index contributed by atoms with van der Waals surface area (Å²) in [5.74, 6) is 0.712. The van der Waals surface area contributed by atoms with E-state index in [0.29, 0.717) is 11.6 Å². The number of hydrogen-bond acceptors (Lipinski definition) is 1. The third kappa shape index (κ3) is 4.03. The van der Waals surface area contributed by atoms with E-state index in [1.54, 1.807) is 0 Å². The summed E-state index contributed by atoms with van der Waals surface area (Å²) >= 11 is 5.74. The summed E-state index contributed by atoms with van der Waals surface area (Å²) in [5.41, 5.74) is -0.273. The number of rotatable bonds is 4. The smallest absolute Gasteiger partial charge is 0.383 e. The van der Waals surface area contributed by atoms with Gasteiger partial charge in [-0.15, -0.1) is 0 Å². The van der Waals surface area contributed by atoms with E-state index in [2.05, 4.69) is 5.32 Å². The second-order valence-corrected chi connectivity index (χ2v) is 5.74. The van der Waals surface area contributed by atoms with Gasteiger partial charge in [0.2, 0.25) is 0 Å². The third-order valence-electron chi connectivity index (χ3n) is 3.55. The summed E-state index contributed by atoms with van der Waals surface area (Å²) in [5, 5.41) is 3.21. The lowest BCUT2D eigenvalue weighted by molar-refractivity contribution is -0.137. The van der Waals surface area contributed by atoms with Crippen LogP contribution in [-0.4, -0.2) is 6.04 Å². The summed E-state index contributed by atoms with van der Waals surface area (Å²) in [4.78, 5) is 0. The number of alkyl halides is 3. The van der Waals surface area contributed by atoms with Gasteiger partial charge in [0.15, 0.2) is 0 Å². The van der Waals surface area contributed by atoms with Gasteiger partial charge in [-0.2, -0.15) is 13.2 Å². The van der Waals surface area contributed by atoms with Crippen molar-refractivity contribution < 1.29 is 13.2 Å². The van der Waals surface area contributed by atoms with Crippen molar-refractivity contribution >= 4 is 17.3 Å². The van der Waals surface area contributed by atoms with E-state index in [1.165, 1.54) is 25.3 Å². The van der Waals surface area contributed by atoms with Gasteiger partial charge in [0, 0.05) is 16.8 Å². The minimum Gasteiger partial charge on any atom is -0.383 e. The molecule has 0 heterocycles. The van der Waals surface area contributed by atoms with Gasteiger partial charge in [-0.05, 0) is 37.5 Å². The molecule has 1 aliphatic rings. The Morgan fingerprint density at radius 3 is 2.53 bits per heavy atom. The van der Waals surface area contributed by atoms with Gasteiger partial charge in [0.25, 0.3) is 0 Å². The predicted molar refractivity (Wildman–Crippen MR) is 71.5 cm³/mol. The highest BCUT2D eigenvalue weighted by molar-refractivity contribution is 6.30. The standard InChI is InChI=1S/C14H17ClF3N/c1-9(5-10-3-2-4-10)19-13-7-11(14(16,17)18)6-12(15)8-13/h6-10,19H,2-5H2,1H3. The van der Waals surface area contributed by atoms with Crippen molar-refractivity contribution in [2.45, 2.75) is 44.8 Å². The monoisotopic (exact) mass is 291 g/mol. The molecular weight excluding hydrogens is 275 g/mol. The van der Waals surface area contributed by atoms with Crippen molar-refractivity contribution in [2.75, 3.05) is 5.32 Å². The van der Waals surface area contributed by atoms with Crippen molar-refractivity contribution in [3.8, 4) is 0 Å². The number of nitrogens with one attached hydrogen (secondary N) is 1. The first-order valence-corrected chi connectivity index (χ1v) is 6.86. The summed E-state index contributed by atoms with van der Waals surface area (Å²) < 4.78 is 38.0. The number of halogens is 4. The topological polar surface area (TPSA) is 12.0 Å². The van der Waals surface area contributed by atoms with Crippen molar-refractivity contribution in [2.24, 2.45) is 5.92 Å². The van der Waals surface area contributed by atoms with Crippen LogP contribution in [0.5, 0.6) is 0 Å². The fourth-order valence-electron chi connectivity index (χ4n) is 2.41. The Hall–Kier alpha value is -0.900. The van der Waals surface area contributed by atoms with E-state index in [4.69, 9.17) is 11.6 Å². The van der Waals surface area contributed by atoms with Crippen LogP contribution in [0.2, 0.25) is 5.02 Å². The fourth-order valence-corrected chi connectivity index (χ4v) is 2.64. The lowest BCUT2D eigenvalue weighted by Gasteiger charge is -2.29. The second kappa shape index (κ2) is 5.61. The Labute approximate surface area is 116 Å². The van der Waals surface area contributed by atoms with E-state index >= 15 is 0 Å².